The summed E-state index contributed by atoms with van der Waals surface area (Å²) in [7, 11) is 1.64. The van der Waals surface area contributed by atoms with E-state index in [-0.39, 0.29) is 17.0 Å². The van der Waals surface area contributed by atoms with Gasteiger partial charge in [0.1, 0.15) is 5.82 Å². The van der Waals surface area contributed by atoms with Crippen molar-refractivity contribution < 1.29 is 27.1 Å². The molecule has 0 atom stereocenters. The first-order valence-corrected chi connectivity index (χ1v) is 11.3. The molecule has 180 valence electrons. The highest BCUT2D eigenvalue weighted by molar-refractivity contribution is 7.99. The van der Waals surface area contributed by atoms with E-state index in [1.54, 1.807) is 29.8 Å². The second kappa shape index (κ2) is 10.0. The van der Waals surface area contributed by atoms with Crippen LogP contribution in [0.25, 0.3) is 11.4 Å². The molecule has 0 saturated carbocycles. The van der Waals surface area contributed by atoms with Gasteiger partial charge in [-0.05, 0) is 30.3 Å². The van der Waals surface area contributed by atoms with Crippen molar-refractivity contribution >= 4 is 29.0 Å². The summed E-state index contributed by atoms with van der Waals surface area (Å²) in [6.07, 6.45) is -4.54. The zero-order chi connectivity index (χ0) is 24.3. The second-order valence-electron chi connectivity index (χ2n) is 7.51. The van der Waals surface area contributed by atoms with Crippen LogP contribution in [-0.4, -0.2) is 52.7 Å². The molecule has 2 heterocycles. The van der Waals surface area contributed by atoms with Crippen LogP contribution in [0.1, 0.15) is 5.56 Å². The topological polar surface area (TPSA) is 72.3 Å². The van der Waals surface area contributed by atoms with Crippen LogP contribution in [0.3, 0.4) is 0 Å². The largest absolute Gasteiger partial charge is 0.416 e. The first-order valence-electron chi connectivity index (χ1n) is 10.3. The average molecular weight is 496 g/mol. The van der Waals surface area contributed by atoms with Crippen LogP contribution in [0, 0.1) is 5.82 Å². The summed E-state index contributed by atoms with van der Waals surface area (Å²) < 4.78 is 60.8. The molecule has 1 fully saturated rings. The van der Waals surface area contributed by atoms with E-state index in [4.69, 9.17) is 4.74 Å². The number of thioether (sulfide) groups is 1. The molecule has 1 N–H and O–H groups in total. The Hall–Kier alpha value is -3.12. The van der Waals surface area contributed by atoms with E-state index in [0.717, 1.165) is 23.9 Å². The lowest BCUT2D eigenvalue weighted by Crippen LogP contribution is -2.37. The van der Waals surface area contributed by atoms with Crippen molar-refractivity contribution in [3.8, 4) is 11.4 Å². The van der Waals surface area contributed by atoms with E-state index in [1.807, 2.05) is 4.90 Å². The van der Waals surface area contributed by atoms with Crippen molar-refractivity contribution in [2.24, 2.45) is 7.05 Å². The number of morpholine rings is 1. The van der Waals surface area contributed by atoms with Gasteiger partial charge in [-0.15, -0.1) is 10.2 Å². The van der Waals surface area contributed by atoms with Crippen LogP contribution >= 0.6 is 11.8 Å². The summed E-state index contributed by atoms with van der Waals surface area (Å²) in [4.78, 5) is 14.5. The fourth-order valence-electron chi connectivity index (χ4n) is 3.53. The fraction of sp³-hybridized carbons (Fsp3) is 0.318. The number of anilines is 2. The minimum absolute atomic E-state index is 0.0762. The molecule has 3 aromatic rings. The van der Waals surface area contributed by atoms with Gasteiger partial charge < -0.3 is 19.5 Å². The van der Waals surface area contributed by atoms with Crippen LogP contribution in [0.5, 0.6) is 0 Å². The molecule has 0 bridgehead atoms. The van der Waals surface area contributed by atoms with Gasteiger partial charge in [-0.3, -0.25) is 4.79 Å². The number of halogens is 4. The van der Waals surface area contributed by atoms with Crippen LogP contribution in [0.4, 0.5) is 28.9 Å². The Kier molecular flexibility index (Phi) is 7.08. The van der Waals surface area contributed by atoms with Crippen molar-refractivity contribution in [2.75, 3.05) is 42.3 Å². The van der Waals surface area contributed by atoms with Gasteiger partial charge in [-0.1, -0.05) is 23.9 Å². The number of hydrogen-bond donors (Lipinski definition) is 1. The number of alkyl halides is 3. The lowest BCUT2D eigenvalue weighted by Gasteiger charge is -2.31. The average Bonchev–Trinajstić information content (AvgIpc) is 3.18. The first-order chi connectivity index (χ1) is 16.2. The molecule has 0 radical (unpaired) electrons. The number of nitrogens with zero attached hydrogens (tertiary/aromatic N) is 4. The fourth-order valence-corrected chi connectivity index (χ4v) is 4.24. The first kappa shape index (κ1) is 24.0. The summed E-state index contributed by atoms with van der Waals surface area (Å²) in [6.45, 7) is 1.89. The van der Waals surface area contributed by atoms with Crippen LogP contribution in [0.15, 0.2) is 47.6 Å². The van der Waals surface area contributed by atoms with E-state index < -0.39 is 23.5 Å². The summed E-state index contributed by atoms with van der Waals surface area (Å²) in [5.74, 6) is -0.780. The zero-order valence-electron chi connectivity index (χ0n) is 18.1. The van der Waals surface area contributed by atoms with Gasteiger partial charge in [0.15, 0.2) is 11.0 Å². The number of aromatic nitrogens is 3. The molecule has 1 saturated heterocycles. The number of carbonyl (C=O) groups excluding carboxylic acids is 1. The molecule has 1 aliphatic heterocycles. The second-order valence-corrected chi connectivity index (χ2v) is 8.45. The van der Waals surface area contributed by atoms with Gasteiger partial charge in [0.05, 0.1) is 41.5 Å². The van der Waals surface area contributed by atoms with Gasteiger partial charge in [0.2, 0.25) is 5.91 Å². The molecule has 1 aliphatic rings. The highest BCUT2D eigenvalue weighted by Crippen LogP contribution is 2.36. The molecular formula is C22H21F4N5O2S. The van der Waals surface area contributed by atoms with Gasteiger partial charge in [0.25, 0.3) is 0 Å². The number of carbonyl (C=O) groups is 1. The summed E-state index contributed by atoms with van der Waals surface area (Å²) >= 11 is 1.05. The van der Waals surface area contributed by atoms with Crippen molar-refractivity contribution in [1.29, 1.82) is 0 Å². The molecule has 4 rings (SSSR count). The summed E-state index contributed by atoms with van der Waals surface area (Å²) in [6, 6.07) is 9.42. The lowest BCUT2D eigenvalue weighted by molar-refractivity contribution is -0.137. The summed E-state index contributed by atoms with van der Waals surface area (Å²) in [5.41, 5.74) is -0.00861. The standard InChI is InChI=1S/C22H21F4N5O2S/c1-30-20(15-4-2-3-5-16(15)23)28-29-21(30)34-13-19(32)27-17-12-14(22(24,25)26)6-7-18(17)31-8-10-33-11-9-31/h2-7,12H,8-11,13H2,1H3,(H,27,32). The SMILES string of the molecule is Cn1c(SCC(=O)Nc2cc(C(F)(F)F)ccc2N2CCOCC2)nnc1-c1ccccc1F. The molecule has 1 amide bonds. The van der Waals surface area contributed by atoms with Gasteiger partial charge >= 0.3 is 6.18 Å². The normalized spacial score (nSPS) is 14.3. The number of ether oxygens (including phenoxy) is 1. The summed E-state index contributed by atoms with van der Waals surface area (Å²) in [5, 5.41) is 11.0. The van der Waals surface area contributed by atoms with Crippen LogP contribution < -0.4 is 10.2 Å². The van der Waals surface area contributed by atoms with E-state index in [9.17, 15) is 22.4 Å². The number of hydrogen-bond acceptors (Lipinski definition) is 6. The Morgan fingerprint density at radius 1 is 1.15 bits per heavy atom. The predicted molar refractivity (Wildman–Crippen MR) is 120 cm³/mol. The van der Waals surface area contributed by atoms with Crippen molar-refractivity contribution in [2.45, 2.75) is 11.3 Å². The molecule has 34 heavy (non-hydrogen) atoms. The van der Waals surface area contributed by atoms with Gasteiger partial charge in [-0.2, -0.15) is 13.2 Å². The maximum absolute atomic E-state index is 14.1. The van der Waals surface area contributed by atoms with E-state index >= 15 is 0 Å². The number of rotatable bonds is 6. The molecular weight excluding hydrogens is 474 g/mol. The third-order valence-electron chi connectivity index (χ3n) is 5.23. The monoisotopic (exact) mass is 495 g/mol. The van der Waals surface area contributed by atoms with E-state index in [2.05, 4.69) is 15.5 Å². The Morgan fingerprint density at radius 3 is 2.59 bits per heavy atom. The highest BCUT2D eigenvalue weighted by atomic mass is 32.2. The van der Waals surface area contributed by atoms with Gasteiger partial charge in [0, 0.05) is 20.1 Å². The number of amides is 1. The van der Waals surface area contributed by atoms with Crippen molar-refractivity contribution in [1.82, 2.24) is 14.8 Å². The Labute approximate surface area is 197 Å². The maximum atomic E-state index is 14.1. The van der Waals surface area contributed by atoms with Crippen molar-refractivity contribution in [3.63, 3.8) is 0 Å². The molecule has 2 aromatic carbocycles. The Bertz CT molecular complexity index is 1180. The van der Waals surface area contributed by atoms with E-state index in [0.29, 0.717) is 43.0 Å². The predicted octanol–water partition coefficient (Wildman–Crippen LogP) is 4.21. The van der Waals surface area contributed by atoms with Crippen molar-refractivity contribution in [3.05, 3.63) is 53.8 Å². The lowest BCUT2D eigenvalue weighted by atomic mass is 10.1. The Balaban J connectivity index is 1.49. The molecule has 1 aromatic heterocycles. The molecule has 0 aliphatic carbocycles. The van der Waals surface area contributed by atoms with Crippen LogP contribution in [-0.2, 0) is 22.8 Å². The minimum atomic E-state index is -4.54. The minimum Gasteiger partial charge on any atom is -0.378 e. The Morgan fingerprint density at radius 2 is 1.88 bits per heavy atom. The molecule has 0 unspecified atom stereocenters. The van der Waals surface area contributed by atoms with Gasteiger partial charge in [-0.25, -0.2) is 4.39 Å². The zero-order valence-corrected chi connectivity index (χ0v) is 18.9. The quantitative estimate of drug-likeness (QED) is 0.408. The number of benzene rings is 2. The third-order valence-corrected chi connectivity index (χ3v) is 6.25. The molecule has 7 nitrogen and oxygen atoms in total. The third kappa shape index (κ3) is 5.33. The maximum Gasteiger partial charge on any atom is 0.416 e. The smallest absolute Gasteiger partial charge is 0.378 e. The van der Waals surface area contributed by atoms with Crippen LogP contribution in [0.2, 0.25) is 0 Å². The molecule has 12 heteroatoms. The highest BCUT2D eigenvalue weighted by Gasteiger charge is 2.32. The number of nitrogens with one attached hydrogen (secondary N) is 1. The molecule has 0 spiro atoms. The van der Waals surface area contributed by atoms with E-state index in [1.165, 1.54) is 12.1 Å².